The first-order chi connectivity index (χ1) is 11.3. The summed E-state index contributed by atoms with van der Waals surface area (Å²) in [5, 5.41) is 3.94. The highest BCUT2D eigenvalue weighted by molar-refractivity contribution is 9.10. The zero-order chi connectivity index (χ0) is 17.5. The Bertz CT molecular complexity index is 895. The molecule has 0 unspecified atom stereocenters. The molecule has 2 N–H and O–H groups in total. The molecular formula is C14H8BrClF3N5. The summed E-state index contributed by atoms with van der Waals surface area (Å²) in [5.41, 5.74) is 4.77. The lowest BCUT2D eigenvalue weighted by atomic mass is 10.1. The van der Waals surface area contributed by atoms with Gasteiger partial charge in [-0.25, -0.2) is 9.97 Å². The molecule has 3 rings (SSSR count). The zero-order valence-corrected chi connectivity index (χ0v) is 14.1. The lowest BCUT2D eigenvalue weighted by molar-refractivity contribution is -0.140. The number of nitrogen functional groups attached to an aromatic ring is 1. The molecule has 2 heterocycles. The Morgan fingerprint density at radius 2 is 1.83 bits per heavy atom. The lowest BCUT2D eigenvalue weighted by Gasteiger charge is -2.08. The van der Waals surface area contributed by atoms with Gasteiger partial charge in [-0.15, -0.1) is 0 Å². The van der Waals surface area contributed by atoms with E-state index in [9.17, 15) is 13.2 Å². The predicted molar refractivity (Wildman–Crippen MR) is 86.7 cm³/mol. The van der Waals surface area contributed by atoms with Crippen LogP contribution in [0.5, 0.6) is 0 Å². The normalized spacial score (nSPS) is 11.7. The van der Waals surface area contributed by atoms with Crippen LogP contribution in [0.2, 0.25) is 5.02 Å². The Morgan fingerprint density at radius 1 is 1.17 bits per heavy atom. The number of aromatic nitrogens is 4. The minimum absolute atomic E-state index is 0.0558. The van der Waals surface area contributed by atoms with E-state index in [2.05, 4.69) is 31.0 Å². The van der Waals surface area contributed by atoms with Crippen LogP contribution < -0.4 is 5.73 Å². The Morgan fingerprint density at radius 3 is 2.42 bits per heavy atom. The molecule has 0 radical (unpaired) electrons. The maximum Gasteiger partial charge on any atom is 0.435 e. The van der Waals surface area contributed by atoms with Crippen LogP contribution in [-0.4, -0.2) is 19.7 Å². The smallest absolute Gasteiger partial charge is 0.383 e. The molecule has 124 valence electrons. The van der Waals surface area contributed by atoms with Crippen molar-refractivity contribution in [2.45, 2.75) is 6.18 Å². The van der Waals surface area contributed by atoms with E-state index in [1.807, 2.05) is 0 Å². The molecule has 0 atom stereocenters. The van der Waals surface area contributed by atoms with Crippen molar-refractivity contribution in [2.24, 2.45) is 0 Å². The van der Waals surface area contributed by atoms with Crippen LogP contribution in [0.4, 0.5) is 19.0 Å². The van der Waals surface area contributed by atoms with Crippen molar-refractivity contribution in [3.8, 4) is 17.1 Å². The van der Waals surface area contributed by atoms with Crippen molar-refractivity contribution in [2.75, 3.05) is 5.73 Å². The van der Waals surface area contributed by atoms with Crippen LogP contribution in [0, 0.1) is 0 Å². The Labute approximate surface area is 147 Å². The number of nitrogens with zero attached hydrogens (tertiary/aromatic N) is 4. The predicted octanol–water partition coefficient (Wildman–Crippen LogP) is 4.35. The first kappa shape index (κ1) is 16.7. The van der Waals surface area contributed by atoms with E-state index < -0.39 is 11.9 Å². The maximum atomic E-state index is 13.4. The van der Waals surface area contributed by atoms with Gasteiger partial charge in [0, 0.05) is 16.9 Å². The van der Waals surface area contributed by atoms with Crippen molar-refractivity contribution in [1.29, 1.82) is 0 Å². The molecule has 0 saturated carbocycles. The van der Waals surface area contributed by atoms with Gasteiger partial charge in [0.1, 0.15) is 5.82 Å². The number of alkyl halides is 3. The molecule has 0 aliphatic carbocycles. The summed E-state index contributed by atoms with van der Waals surface area (Å²) >= 11 is 9.09. The van der Waals surface area contributed by atoms with Crippen LogP contribution in [0.25, 0.3) is 17.1 Å². The fourth-order valence-electron chi connectivity index (χ4n) is 2.12. The van der Waals surface area contributed by atoms with Gasteiger partial charge in [-0.1, -0.05) is 17.7 Å². The second kappa shape index (κ2) is 6.06. The van der Waals surface area contributed by atoms with Crippen LogP contribution in [-0.2, 0) is 6.18 Å². The van der Waals surface area contributed by atoms with Gasteiger partial charge in [-0.3, -0.25) is 0 Å². The van der Waals surface area contributed by atoms with E-state index in [0.717, 1.165) is 4.68 Å². The number of rotatable bonds is 2. The van der Waals surface area contributed by atoms with E-state index in [1.165, 1.54) is 36.7 Å². The number of nitrogens with two attached hydrogens (primary N) is 1. The quantitative estimate of drug-likeness (QED) is 0.672. The third-order valence-corrected chi connectivity index (χ3v) is 4.35. The molecule has 0 bridgehead atoms. The topological polar surface area (TPSA) is 69.6 Å². The standard InChI is InChI=1S/C14H8BrClF3N5/c15-8-6-7(2-3-9(8)16)10-11(14(17,18)19)23-24(12(10)20)13-21-4-1-5-22-13/h1-6H,20H2. The second-order valence-electron chi connectivity index (χ2n) is 4.70. The van der Waals surface area contributed by atoms with E-state index in [-0.39, 0.29) is 22.9 Å². The van der Waals surface area contributed by atoms with Crippen molar-refractivity contribution in [3.63, 3.8) is 0 Å². The minimum atomic E-state index is -4.70. The molecule has 2 aromatic heterocycles. The van der Waals surface area contributed by atoms with E-state index in [0.29, 0.717) is 9.50 Å². The zero-order valence-electron chi connectivity index (χ0n) is 11.7. The summed E-state index contributed by atoms with van der Waals surface area (Å²) in [7, 11) is 0. The Hall–Kier alpha value is -2.13. The Balaban J connectivity index is 2.28. The van der Waals surface area contributed by atoms with Gasteiger partial charge >= 0.3 is 6.18 Å². The third kappa shape index (κ3) is 2.96. The Kier molecular flexibility index (Phi) is 4.22. The average molecular weight is 419 g/mol. The molecule has 0 amide bonds. The third-order valence-electron chi connectivity index (χ3n) is 3.14. The molecular weight excluding hydrogens is 411 g/mol. The highest BCUT2D eigenvalue weighted by atomic mass is 79.9. The van der Waals surface area contributed by atoms with Crippen LogP contribution in [0.1, 0.15) is 5.69 Å². The SMILES string of the molecule is Nc1c(-c2ccc(Cl)c(Br)c2)c(C(F)(F)F)nn1-c1ncccn1. The van der Waals surface area contributed by atoms with Crippen molar-refractivity contribution < 1.29 is 13.2 Å². The van der Waals surface area contributed by atoms with Crippen molar-refractivity contribution in [1.82, 2.24) is 19.7 Å². The molecule has 0 fully saturated rings. The molecule has 1 aromatic carbocycles. The van der Waals surface area contributed by atoms with Gasteiger partial charge in [0.05, 0.1) is 10.6 Å². The summed E-state index contributed by atoms with van der Waals surface area (Å²) < 4.78 is 41.5. The monoisotopic (exact) mass is 417 g/mol. The second-order valence-corrected chi connectivity index (χ2v) is 5.96. The number of hydrogen-bond donors (Lipinski definition) is 1. The molecule has 24 heavy (non-hydrogen) atoms. The fourth-order valence-corrected chi connectivity index (χ4v) is 2.62. The van der Waals surface area contributed by atoms with Crippen LogP contribution in [0.15, 0.2) is 41.1 Å². The molecule has 0 aliphatic rings. The largest absolute Gasteiger partial charge is 0.435 e. The molecule has 5 nitrogen and oxygen atoms in total. The van der Waals surface area contributed by atoms with Gasteiger partial charge in [-0.05, 0) is 39.7 Å². The van der Waals surface area contributed by atoms with Gasteiger partial charge in [0.2, 0.25) is 0 Å². The first-order valence-electron chi connectivity index (χ1n) is 6.47. The molecule has 0 saturated heterocycles. The lowest BCUT2D eigenvalue weighted by Crippen LogP contribution is -2.09. The summed E-state index contributed by atoms with van der Waals surface area (Å²) in [6.45, 7) is 0. The fraction of sp³-hybridized carbons (Fsp3) is 0.0714. The summed E-state index contributed by atoms with van der Waals surface area (Å²) in [4.78, 5) is 7.77. The summed E-state index contributed by atoms with van der Waals surface area (Å²) in [6.07, 6.45) is -1.93. The molecule has 0 aliphatic heterocycles. The van der Waals surface area contributed by atoms with Gasteiger partial charge < -0.3 is 5.73 Å². The highest BCUT2D eigenvalue weighted by Crippen LogP contribution is 2.41. The number of benzene rings is 1. The maximum absolute atomic E-state index is 13.4. The molecule has 10 heteroatoms. The van der Waals surface area contributed by atoms with Crippen molar-refractivity contribution in [3.05, 3.63) is 51.8 Å². The van der Waals surface area contributed by atoms with Crippen LogP contribution in [0.3, 0.4) is 0 Å². The number of hydrogen-bond acceptors (Lipinski definition) is 4. The van der Waals surface area contributed by atoms with E-state index >= 15 is 0 Å². The van der Waals surface area contributed by atoms with Crippen LogP contribution >= 0.6 is 27.5 Å². The van der Waals surface area contributed by atoms with Crippen molar-refractivity contribution >= 4 is 33.3 Å². The number of anilines is 1. The minimum Gasteiger partial charge on any atom is -0.383 e. The van der Waals surface area contributed by atoms with Gasteiger partial charge in [0.25, 0.3) is 5.95 Å². The average Bonchev–Trinajstić information content (AvgIpc) is 2.89. The number of halogens is 5. The molecule has 0 spiro atoms. The molecule has 3 aromatic rings. The summed E-state index contributed by atoms with van der Waals surface area (Å²) in [6, 6.07) is 5.88. The summed E-state index contributed by atoms with van der Waals surface area (Å²) in [5.74, 6) is -0.275. The van der Waals surface area contributed by atoms with E-state index in [1.54, 1.807) is 0 Å². The van der Waals surface area contributed by atoms with E-state index in [4.69, 9.17) is 17.3 Å². The van der Waals surface area contributed by atoms with Gasteiger partial charge in [0.15, 0.2) is 5.69 Å². The first-order valence-corrected chi connectivity index (χ1v) is 7.64. The van der Waals surface area contributed by atoms with Gasteiger partial charge in [-0.2, -0.15) is 23.0 Å². The highest BCUT2D eigenvalue weighted by Gasteiger charge is 2.40.